The molecule has 0 aliphatic carbocycles. The summed E-state index contributed by atoms with van der Waals surface area (Å²) in [5, 5.41) is 0. The van der Waals surface area contributed by atoms with E-state index < -0.39 is 0 Å². The van der Waals surface area contributed by atoms with Crippen LogP contribution in [0.5, 0.6) is 0 Å². The predicted octanol–water partition coefficient (Wildman–Crippen LogP) is 0.881. The van der Waals surface area contributed by atoms with E-state index in [-0.39, 0.29) is 12.1 Å². The van der Waals surface area contributed by atoms with Crippen molar-refractivity contribution in [2.45, 2.75) is 31.9 Å². The van der Waals surface area contributed by atoms with Crippen LogP contribution in [-0.2, 0) is 11.2 Å². The lowest BCUT2D eigenvalue weighted by molar-refractivity contribution is 0.0954. The largest absolute Gasteiger partial charge is 0.378 e. The lowest BCUT2D eigenvalue weighted by Gasteiger charge is -2.25. The van der Waals surface area contributed by atoms with Crippen LogP contribution in [0, 0.1) is 5.92 Å². The molecule has 2 heterocycles. The van der Waals surface area contributed by atoms with Crippen molar-refractivity contribution in [2.75, 3.05) is 6.61 Å². The minimum Gasteiger partial charge on any atom is -0.378 e. The van der Waals surface area contributed by atoms with Crippen molar-refractivity contribution in [1.82, 2.24) is 10.4 Å². The molecule has 3 unspecified atom stereocenters. The quantitative estimate of drug-likeness (QED) is 0.585. The third kappa shape index (κ3) is 2.58. The summed E-state index contributed by atoms with van der Waals surface area (Å²) in [4.78, 5) is 4.12. The first kappa shape index (κ1) is 11.5. The summed E-state index contributed by atoms with van der Waals surface area (Å²) < 4.78 is 5.57. The third-order valence-corrected chi connectivity index (χ3v) is 3.34. The zero-order valence-electron chi connectivity index (χ0n) is 9.60. The summed E-state index contributed by atoms with van der Waals surface area (Å²) in [6.45, 7) is 2.96. The van der Waals surface area contributed by atoms with Gasteiger partial charge in [-0.1, -0.05) is 6.07 Å². The first-order chi connectivity index (χ1) is 7.81. The van der Waals surface area contributed by atoms with E-state index in [0.29, 0.717) is 5.92 Å². The molecule has 2 rings (SSSR count). The fourth-order valence-electron chi connectivity index (χ4n) is 2.38. The molecule has 4 heteroatoms. The molecule has 88 valence electrons. The summed E-state index contributed by atoms with van der Waals surface area (Å²) in [6, 6.07) is 4.30. The first-order valence-corrected chi connectivity index (χ1v) is 5.78. The van der Waals surface area contributed by atoms with Gasteiger partial charge in [-0.3, -0.25) is 16.3 Å². The highest BCUT2D eigenvalue weighted by Gasteiger charge is 2.31. The number of hydrogen-bond acceptors (Lipinski definition) is 4. The van der Waals surface area contributed by atoms with E-state index in [9.17, 15) is 0 Å². The SMILES string of the molecule is CC1OCCC1C(Cc1cccnc1)NN. The van der Waals surface area contributed by atoms with Gasteiger partial charge in [-0.05, 0) is 31.4 Å². The topological polar surface area (TPSA) is 60.2 Å². The van der Waals surface area contributed by atoms with Gasteiger partial charge in [-0.2, -0.15) is 0 Å². The molecule has 1 fully saturated rings. The van der Waals surface area contributed by atoms with E-state index in [0.717, 1.165) is 19.4 Å². The van der Waals surface area contributed by atoms with Crippen LogP contribution >= 0.6 is 0 Å². The molecule has 1 aliphatic heterocycles. The molecule has 0 bridgehead atoms. The maximum atomic E-state index is 5.64. The second-order valence-electron chi connectivity index (χ2n) is 4.37. The Kier molecular flexibility index (Phi) is 3.88. The van der Waals surface area contributed by atoms with Crippen molar-refractivity contribution in [3.63, 3.8) is 0 Å². The highest BCUT2D eigenvalue weighted by atomic mass is 16.5. The Morgan fingerprint density at radius 1 is 1.69 bits per heavy atom. The monoisotopic (exact) mass is 221 g/mol. The van der Waals surface area contributed by atoms with Gasteiger partial charge in [0.15, 0.2) is 0 Å². The fraction of sp³-hybridized carbons (Fsp3) is 0.583. The van der Waals surface area contributed by atoms with Crippen molar-refractivity contribution >= 4 is 0 Å². The normalized spacial score (nSPS) is 26.9. The standard InChI is InChI=1S/C12H19N3O/c1-9-11(4-6-16-9)12(15-13)7-10-3-2-5-14-8-10/h2-3,5,8-9,11-12,15H,4,6-7,13H2,1H3. The van der Waals surface area contributed by atoms with Gasteiger partial charge in [0.25, 0.3) is 0 Å². The van der Waals surface area contributed by atoms with E-state index in [4.69, 9.17) is 10.6 Å². The van der Waals surface area contributed by atoms with Crippen molar-refractivity contribution in [3.8, 4) is 0 Å². The van der Waals surface area contributed by atoms with Gasteiger partial charge < -0.3 is 4.74 Å². The van der Waals surface area contributed by atoms with Gasteiger partial charge in [-0.15, -0.1) is 0 Å². The maximum Gasteiger partial charge on any atom is 0.0591 e. The Hall–Kier alpha value is -0.970. The van der Waals surface area contributed by atoms with Crippen LogP contribution in [0.1, 0.15) is 18.9 Å². The molecule has 0 amide bonds. The molecule has 0 radical (unpaired) electrons. The van der Waals surface area contributed by atoms with Crippen molar-refractivity contribution in [3.05, 3.63) is 30.1 Å². The zero-order chi connectivity index (χ0) is 11.4. The smallest absolute Gasteiger partial charge is 0.0591 e. The minimum atomic E-state index is 0.265. The van der Waals surface area contributed by atoms with Crippen LogP contribution in [0.4, 0.5) is 0 Å². The predicted molar refractivity (Wildman–Crippen MR) is 62.6 cm³/mol. The molecule has 0 aromatic carbocycles. The number of rotatable bonds is 4. The number of hydrogen-bond donors (Lipinski definition) is 2. The number of ether oxygens (including phenoxy) is 1. The van der Waals surface area contributed by atoms with Gasteiger partial charge in [0.2, 0.25) is 0 Å². The summed E-state index contributed by atoms with van der Waals surface area (Å²) in [6.07, 6.45) is 5.96. The molecule has 0 saturated carbocycles. The zero-order valence-corrected chi connectivity index (χ0v) is 9.60. The van der Waals surface area contributed by atoms with Gasteiger partial charge in [0, 0.05) is 31.0 Å². The molecule has 1 aliphatic rings. The van der Waals surface area contributed by atoms with E-state index in [1.54, 1.807) is 6.20 Å². The fourth-order valence-corrected chi connectivity index (χ4v) is 2.38. The van der Waals surface area contributed by atoms with E-state index >= 15 is 0 Å². The lowest BCUT2D eigenvalue weighted by atomic mass is 9.90. The van der Waals surface area contributed by atoms with Crippen LogP contribution in [0.25, 0.3) is 0 Å². The highest BCUT2D eigenvalue weighted by molar-refractivity contribution is 5.11. The van der Waals surface area contributed by atoms with Crippen LogP contribution < -0.4 is 11.3 Å². The molecule has 1 aromatic rings. The van der Waals surface area contributed by atoms with E-state index in [1.807, 2.05) is 12.3 Å². The Labute approximate surface area is 96.2 Å². The summed E-state index contributed by atoms with van der Waals surface area (Å²) in [5.41, 5.74) is 4.13. The number of nitrogens with two attached hydrogens (primary N) is 1. The summed E-state index contributed by atoms with van der Waals surface area (Å²) in [7, 11) is 0. The van der Waals surface area contributed by atoms with Crippen molar-refractivity contribution in [2.24, 2.45) is 11.8 Å². The van der Waals surface area contributed by atoms with Crippen molar-refractivity contribution in [1.29, 1.82) is 0 Å². The average molecular weight is 221 g/mol. The number of aromatic nitrogens is 1. The average Bonchev–Trinajstić information content (AvgIpc) is 2.74. The third-order valence-electron chi connectivity index (χ3n) is 3.34. The Morgan fingerprint density at radius 3 is 3.12 bits per heavy atom. The number of pyridine rings is 1. The van der Waals surface area contributed by atoms with Gasteiger partial charge in [0.1, 0.15) is 0 Å². The molecule has 3 N–H and O–H groups in total. The number of nitrogens with zero attached hydrogens (tertiary/aromatic N) is 1. The molecule has 0 spiro atoms. The molecular formula is C12H19N3O. The molecule has 3 atom stereocenters. The van der Waals surface area contributed by atoms with Crippen LogP contribution in [0.15, 0.2) is 24.5 Å². The summed E-state index contributed by atoms with van der Waals surface area (Å²) >= 11 is 0. The van der Waals surface area contributed by atoms with Crippen LogP contribution in [0.3, 0.4) is 0 Å². The molecule has 4 nitrogen and oxygen atoms in total. The van der Waals surface area contributed by atoms with Crippen molar-refractivity contribution < 1.29 is 4.74 Å². The minimum absolute atomic E-state index is 0.265. The second-order valence-corrected chi connectivity index (χ2v) is 4.37. The Balaban J connectivity index is 2.00. The molecular weight excluding hydrogens is 202 g/mol. The van der Waals surface area contributed by atoms with Gasteiger partial charge in [0.05, 0.1) is 6.10 Å². The first-order valence-electron chi connectivity index (χ1n) is 5.78. The second kappa shape index (κ2) is 5.39. The van der Waals surface area contributed by atoms with Gasteiger partial charge in [-0.25, -0.2) is 0 Å². The molecule has 1 saturated heterocycles. The highest BCUT2D eigenvalue weighted by Crippen LogP contribution is 2.25. The Bertz CT molecular complexity index is 317. The van der Waals surface area contributed by atoms with Gasteiger partial charge >= 0.3 is 0 Å². The Morgan fingerprint density at radius 2 is 2.56 bits per heavy atom. The number of hydrazine groups is 1. The van der Waals surface area contributed by atoms with E-state index in [1.165, 1.54) is 5.56 Å². The maximum absolute atomic E-state index is 5.64. The molecule has 16 heavy (non-hydrogen) atoms. The van der Waals surface area contributed by atoms with Crippen LogP contribution in [-0.4, -0.2) is 23.7 Å². The number of nitrogens with one attached hydrogen (secondary N) is 1. The lowest BCUT2D eigenvalue weighted by Crippen LogP contribution is -2.44. The van der Waals surface area contributed by atoms with Crippen LogP contribution in [0.2, 0.25) is 0 Å². The summed E-state index contributed by atoms with van der Waals surface area (Å²) in [5.74, 6) is 6.13. The molecule has 1 aromatic heterocycles. The van der Waals surface area contributed by atoms with E-state index in [2.05, 4.69) is 23.4 Å².